The molecule has 0 aromatic heterocycles. The second-order valence-electron chi connectivity index (χ2n) is 2.87. The Hall–Kier alpha value is -0.860. The van der Waals surface area contributed by atoms with Gasteiger partial charge in [-0.05, 0) is 31.5 Å². The molecule has 0 saturated carbocycles. The Morgan fingerprint density at radius 1 is 1.54 bits per heavy atom. The van der Waals surface area contributed by atoms with Crippen molar-refractivity contribution in [2.24, 2.45) is 5.73 Å². The Bertz CT molecular complexity index is 323. The molecule has 0 bridgehead atoms. The quantitative estimate of drug-likeness (QED) is 0.754. The van der Waals surface area contributed by atoms with Crippen LogP contribution in [0.2, 0.25) is 5.02 Å². The molecule has 1 rings (SSSR count). The normalized spacial score (nSPS) is 10.1. The van der Waals surface area contributed by atoms with Crippen molar-refractivity contribution in [1.29, 1.82) is 0 Å². The molecule has 0 aliphatic carbocycles. The second-order valence-corrected chi connectivity index (χ2v) is 3.28. The van der Waals surface area contributed by atoms with Crippen LogP contribution in [0.1, 0.15) is 22.8 Å². The zero-order valence-corrected chi connectivity index (χ0v) is 8.27. The molecule has 0 spiro atoms. The number of rotatable bonds is 3. The molecule has 13 heavy (non-hydrogen) atoms. The van der Waals surface area contributed by atoms with Crippen LogP contribution < -0.4 is 5.73 Å². The van der Waals surface area contributed by atoms with E-state index in [4.69, 9.17) is 17.3 Å². The van der Waals surface area contributed by atoms with Crippen LogP contribution in [0.4, 0.5) is 0 Å². The van der Waals surface area contributed by atoms with E-state index in [1.54, 1.807) is 6.07 Å². The van der Waals surface area contributed by atoms with Crippen molar-refractivity contribution in [2.45, 2.75) is 13.3 Å². The first-order valence-corrected chi connectivity index (χ1v) is 4.53. The van der Waals surface area contributed by atoms with Crippen LogP contribution in [0.25, 0.3) is 0 Å². The zero-order chi connectivity index (χ0) is 9.84. The fourth-order valence-electron chi connectivity index (χ4n) is 1.33. The summed E-state index contributed by atoms with van der Waals surface area (Å²) in [5.41, 5.74) is 6.96. The van der Waals surface area contributed by atoms with Crippen molar-refractivity contribution in [2.75, 3.05) is 6.54 Å². The van der Waals surface area contributed by atoms with Crippen molar-refractivity contribution in [1.82, 2.24) is 0 Å². The number of Topliss-reactive ketones (excluding diaryl/α,β-unsaturated/α-hetero) is 1. The highest BCUT2D eigenvalue weighted by molar-refractivity contribution is 6.34. The van der Waals surface area contributed by atoms with E-state index in [0.717, 1.165) is 5.56 Å². The van der Waals surface area contributed by atoms with Gasteiger partial charge in [-0.3, -0.25) is 4.79 Å². The van der Waals surface area contributed by atoms with E-state index < -0.39 is 0 Å². The van der Waals surface area contributed by atoms with E-state index in [2.05, 4.69) is 0 Å². The third-order valence-corrected chi connectivity index (χ3v) is 2.18. The van der Waals surface area contributed by atoms with Crippen molar-refractivity contribution in [3.05, 3.63) is 34.3 Å². The van der Waals surface area contributed by atoms with Gasteiger partial charge in [0, 0.05) is 5.56 Å². The number of hydrogen-bond donors (Lipinski definition) is 1. The standard InChI is InChI=1S/C10H12ClNO/c1-7(13)10-8(5-6-12)3-2-4-9(10)11/h2-4H,5-6,12H2,1H3. The molecule has 0 heterocycles. The van der Waals surface area contributed by atoms with Gasteiger partial charge in [-0.25, -0.2) is 0 Å². The Labute approximate surface area is 82.7 Å². The maximum Gasteiger partial charge on any atom is 0.161 e. The minimum Gasteiger partial charge on any atom is -0.330 e. The smallest absolute Gasteiger partial charge is 0.161 e. The van der Waals surface area contributed by atoms with Crippen molar-refractivity contribution in [3.63, 3.8) is 0 Å². The molecule has 3 heteroatoms. The van der Waals surface area contributed by atoms with Crippen molar-refractivity contribution >= 4 is 17.4 Å². The van der Waals surface area contributed by atoms with Crippen LogP contribution in [0, 0.1) is 0 Å². The fraction of sp³-hybridized carbons (Fsp3) is 0.300. The predicted octanol–water partition coefficient (Wildman–Crippen LogP) is 2.04. The van der Waals surface area contributed by atoms with Crippen LogP contribution in [-0.4, -0.2) is 12.3 Å². The molecular weight excluding hydrogens is 186 g/mol. The van der Waals surface area contributed by atoms with Crippen LogP contribution in [0.5, 0.6) is 0 Å². The third kappa shape index (κ3) is 2.29. The molecule has 70 valence electrons. The highest BCUT2D eigenvalue weighted by Gasteiger charge is 2.09. The lowest BCUT2D eigenvalue weighted by Gasteiger charge is -2.06. The number of carbonyl (C=O) groups excluding carboxylic acids is 1. The van der Waals surface area contributed by atoms with Crippen LogP contribution in [0.15, 0.2) is 18.2 Å². The molecule has 0 fully saturated rings. The molecule has 0 saturated heterocycles. The number of hydrogen-bond acceptors (Lipinski definition) is 2. The first kappa shape index (κ1) is 10.2. The first-order valence-electron chi connectivity index (χ1n) is 4.15. The Morgan fingerprint density at radius 2 is 2.23 bits per heavy atom. The van der Waals surface area contributed by atoms with E-state index in [1.165, 1.54) is 6.92 Å². The molecule has 0 aliphatic heterocycles. The van der Waals surface area contributed by atoms with Gasteiger partial charge < -0.3 is 5.73 Å². The number of benzene rings is 1. The minimum atomic E-state index is -0.00551. The first-order chi connectivity index (χ1) is 6.16. The fourth-order valence-corrected chi connectivity index (χ4v) is 1.65. The van der Waals surface area contributed by atoms with Gasteiger partial charge in [0.25, 0.3) is 0 Å². The van der Waals surface area contributed by atoms with Crippen LogP contribution in [0.3, 0.4) is 0 Å². The molecule has 1 aromatic carbocycles. The third-order valence-electron chi connectivity index (χ3n) is 1.87. The molecular formula is C10H12ClNO. The lowest BCUT2D eigenvalue weighted by Crippen LogP contribution is -2.07. The number of carbonyl (C=O) groups is 1. The highest BCUT2D eigenvalue weighted by atomic mass is 35.5. The van der Waals surface area contributed by atoms with E-state index >= 15 is 0 Å². The summed E-state index contributed by atoms with van der Waals surface area (Å²) in [5, 5.41) is 0.512. The summed E-state index contributed by atoms with van der Waals surface area (Å²) in [6.07, 6.45) is 0.690. The maximum atomic E-state index is 11.2. The summed E-state index contributed by atoms with van der Waals surface area (Å²) in [5.74, 6) is -0.00551. The summed E-state index contributed by atoms with van der Waals surface area (Å²) in [4.78, 5) is 11.2. The summed E-state index contributed by atoms with van der Waals surface area (Å²) in [6.45, 7) is 2.04. The highest BCUT2D eigenvalue weighted by Crippen LogP contribution is 2.20. The largest absolute Gasteiger partial charge is 0.330 e. The molecule has 0 unspecified atom stereocenters. The molecule has 2 nitrogen and oxygen atoms in total. The van der Waals surface area contributed by atoms with E-state index in [0.29, 0.717) is 23.6 Å². The van der Waals surface area contributed by atoms with E-state index in [9.17, 15) is 4.79 Å². The molecule has 0 atom stereocenters. The second kappa shape index (κ2) is 4.40. The summed E-state index contributed by atoms with van der Waals surface area (Å²) < 4.78 is 0. The van der Waals surface area contributed by atoms with E-state index in [1.807, 2.05) is 12.1 Å². The van der Waals surface area contributed by atoms with Gasteiger partial charge in [-0.2, -0.15) is 0 Å². The average molecular weight is 198 g/mol. The van der Waals surface area contributed by atoms with Gasteiger partial charge in [0.15, 0.2) is 5.78 Å². The van der Waals surface area contributed by atoms with Gasteiger partial charge in [0.05, 0.1) is 5.02 Å². The number of halogens is 1. The molecule has 0 amide bonds. The lowest BCUT2D eigenvalue weighted by atomic mass is 10.0. The minimum absolute atomic E-state index is 0.00551. The van der Waals surface area contributed by atoms with Crippen molar-refractivity contribution < 1.29 is 4.79 Å². The van der Waals surface area contributed by atoms with Gasteiger partial charge in [0.2, 0.25) is 0 Å². The summed E-state index contributed by atoms with van der Waals surface area (Å²) >= 11 is 5.90. The zero-order valence-electron chi connectivity index (χ0n) is 7.51. The van der Waals surface area contributed by atoms with Crippen LogP contribution in [-0.2, 0) is 6.42 Å². The van der Waals surface area contributed by atoms with Gasteiger partial charge >= 0.3 is 0 Å². The molecule has 0 aliphatic rings. The van der Waals surface area contributed by atoms with Crippen LogP contribution >= 0.6 is 11.6 Å². The Morgan fingerprint density at radius 3 is 2.77 bits per heavy atom. The van der Waals surface area contributed by atoms with E-state index in [-0.39, 0.29) is 5.78 Å². The van der Waals surface area contributed by atoms with Gasteiger partial charge in [0.1, 0.15) is 0 Å². The maximum absolute atomic E-state index is 11.2. The number of ketones is 1. The lowest BCUT2D eigenvalue weighted by molar-refractivity contribution is 0.101. The van der Waals surface area contributed by atoms with Gasteiger partial charge in [-0.15, -0.1) is 0 Å². The molecule has 0 radical (unpaired) electrons. The number of nitrogens with two attached hydrogens (primary N) is 1. The SMILES string of the molecule is CC(=O)c1c(Cl)cccc1CCN. The topological polar surface area (TPSA) is 43.1 Å². The van der Waals surface area contributed by atoms with Crippen molar-refractivity contribution in [3.8, 4) is 0 Å². The summed E-state index contributed by atoms with van der Waals surface area (Å²) in [6, 6.07) is 5.44. The predicted molar refractivity (Wildman–Crippen MR) is 54.2 cm³/mol. The average Bonchev–Trinajstić information content (AvgIpc) is 2.04. The molecule has 1 aromatic rings. The van der Waals surface area contributed by atoms with Gasteiger partial charge in [-0.1, -0.05) is 23.7 Å². The Kier molecular flexibility index (Phi) is 3.46. The molecule has 2 N–H and O–H groups in total. The monoisotopic (exact) mass is 197 g/mol. The summed E-state index contributed by atoms with van der Waals surface area (Å²) in [7, 11) is 0. The Balaban J connectivity index is 3.17.